The molecule has 0 aliphatic carbocycles. The minimum Gasteiger partial charge on any atom is -0.493 e. The molecular formula is C25H32N4O2S. The molecule has 1 fully saturated rings. The Labute approximate surface area is 194 Å². The Morgan fingerprint density at radius 2 is 2.09 bits per heavy atom. The number of aromatic nitrogens is 2. The van der Waals surface area contributed by atoms with E-state index in [2.05, 4.69) is 35.2 Å². The third-order valence-electron chi connectivity index (χ3n) is 5.80. The van der Waals surface area contributed by atoms with E-state index in [0.717, 1.165) is 49.6 Å². The Bertz CT molecular complexity index is 1040. The summed E-state index contributed by atoms with van der Waals surface area (Å²) in [5, 5.41) is 4.24. The molecule has 3 heterocycles. The van der Waals surface area contributed by atoms with E-state index in [-0.39, 0.29) is 5.91 Å². The molecule has 1 aliphatic heterocycles. The van der Waals surface area contributed by atoms with E-state index in [0.29, 0.717) is 12.5 Å². The fourth-order valence-electron chi connectivity index (χ4n) is 4.27. The van der Waals surface area contributed by atoms with E-state index in [9.17, 15) is 4.79 Å². The van der Waals surface area contributed by atoms with Gasteiger partial charge in [0.2, 0.25) is 0 Å². The van der Waals surface area contributed by atoms with Gasteiger partial charge in [0, 0.05) is 55.8 Å². The number of carbonyl (C=O) groups excluding carboxylic acids is 1. The summed E-state index contributed by atoms with van der Waals surface area (Å²) in [7, 11) is 4.05. The first-order valence-corrected chi connectivity index (χ1v) is 12.0. The molecule has 1 aromatic carbocycles. The third-order valence-corrected chi connectivity index (χ3v) is 6.79. The highest BCUT2D eigenvalue weighted by Crippen LogP contribution is 2.24. The van der Waals surface area contributed by atoms with Crippen molar-refractivity contribution >= 4 is 17.2 Å². The Morgan fingerprint density at radius 1 is 1.25 bits per heavy atom. The van der Waals surface area contributed by atoms with Crippen molar-refractivity contribution in [1.82, 2.24) is 19.6 Å². The van der Waals surface area contributed by atoms with Gasteiger partial charge in [0.15, 0.2) is 0 Å². The third kappa shape index (κ3) is 5.99. The Hall–Kier alpha value is -2.64. The second-order valence-electron chi connectivity index (χ2n) is 8.82. The maximum absolute atomic E-state index is 12.8. The van der Waals surface area contributed by atoms with Crippen LogP contribution in [0.1, 0.15) is 38.5 Å². The molecule has 0 radical (unpaired) electrons. The molecule has 1 saturated heterocycles. The van der Waals surface area contributed by atoms with E-state index >= 15 is 0 Å². The zero-order chi connectivity index (χ0) is 22.5. The first-order valence-electron chi connectivity index (χ1n) is 11.2. The van der Waals surface area contributed by atoms with Gasteiger partial charge in [0.1, 0.15) is 5.75 Å². The zero-order valence-electron chi connectivity index (χ0n) is 19.2. The molecule has 1 amide bonds. The van der Waals surface area contributed by atoms with Gasteiger partial charge in [-0.05, 0) is 56.6 Å². The van der Waals surface area contributed by atoms with Gasteiger partial charge >= 0.3 is 0 Å². The fraction of sp³-hybridized carbons (Fsp3) is 0.440. The SMILES string of the molecule is Cc1ccc(C(=O)N2CCC[C@H](COc3cccc(CN(C)Cc4cnn(C)c4)c3)C2)s1. The summed E-state index contributed by atoms with van der Waals surface area (Å²) in [6.07, 6.45) is 6.09. The smallest absolute Gasteiger partial charge is 0.263 e. The second kappa shape index (κ2) is 10.3. The van der Waals surface area contributed by atoms with Crippen molar-refractivity contribution < 1.29 is 9.53 Å². The van der Waals surface area contributed by atoms with Crippen LogP contribution in [0.25, 0.3) is 0 Å². The van der Waals surface area contributed by atoms with E-state index in [4.69, 9.17) is 4.74 Å². The molecule has 4 rings (SSSR count). The van der Waals surface area contributed by atoms with Crippen LogP contribution in [-0.2, 0) is 20.1 Å². The van der Waals surface area contributed by atoms with Gasteiger partial charge in [0.25, 0.3) is 5.91 Å². The maximum Gasteiger partial charge on any atom is 0.263 e. The number of piperidine rings is 1. The van der Waals surface area contributed by atoms with Crippen molar-refractivity contribution in [3.05, 3.63) is 69.7 Å². The van der Waals surface area contributed by atoms with Gasteiger partial charge in [0.05, 0.1) is 17.7 Å². The standard InChI is InChI=1S/C25H32N4O2S/c1-19-9-10-24(32-19)25(30)29-11-5-7-21(17-29)18-31-23-8-4-6-20(12-23)14-27(2)15-22-13-26-28(3)16-22/h4,6,8-10,12-13,16,21H,5,7,11,14-15,17-18H2,1-3H3/t21-/m0/s1. The van der Waals surface area contributed by atoms with E-state index in [1.807, 2.05) is 54.1 Å². The molecular weight excluding hydrogens is 420 g/mol. The summed E-state index contributed by atoms with van der Waals surface area (Å²) in [6, 6.07) is 12.3. The molecule has 3 aromatic rings. The van der Waals surface area contributed by atoms with E-state index in [1.54, 1.807) is 11.3 Å². The van der Waals surface area contributed by atoms with Gasteiger partial charge < -0.3 is 9.64 Å². The van der Waals surface area contributed by atoms with Crippen LogP contribution in [0.15, 0.2) is 48.8 Å². The predicted octanol–water partition coefficient (Wildman–Crippen LogP) is 4.35. The first-order chi connectivity index (χ1) is 15.5. The van der Waals surface area contributed by atoms with E-state index in [1.165, 1.54) is 16.0 Å². The van der Waals surface area contributed by atoms with Crippen LogP contribution < -0.4 is 4.74 Å². The Kier molecular flexibility index (Phi) is 7.27. The van der Waals surface area contributed by atoms with Crippen LogP contribution >= 0.6 is 11.3 Å². The largest absolute Gasteiger partial charge is 0.493 e. The van der Waals surface area contributed by atoms with Crippen molar-refractivity contribution in [1.29, 1.82) is 0 Å². The molecule has 0 N–H and O–H groups in total. The number of thiophene rings is 1. The lowest BCUT2D eigenvalue weighted by Crippen LogP contribution is -2.41. The highest BCUT2D eigenvalue weighted by molar-refractivity contribution is 7.13. The topological polar surface area (TPSA) is 50.6 Å². The summed E-state index contributed by atoms with van der Waals surface area (Å²) < 4.78 is 7.99. The molecule has 6 nitrogen and oxygen atoms in total. The molecule has 170 valence electrons. The summed E-state index contributed by atoms with van der Waals surface area (Å²) in [5.41, 5.74) is 2.43. The number of hydrogen-bond acceptors (Lipinski definition) is 5. The number of benzene rings is 1. The molecule has 0 spiro atoms. The highest BCUT2D eigenvalue weighted by Gasteiger charge is 2.25. The number of aryl methyl sites for hydroxylation is 2. The van der Waals surface area contributed by atoms with Crippen molar-refractivity contribution in [2.75, 3.05) is 26.7 Å². The van der Waals surface area contributed by atoms with Crippen molar-refractivity contribution in [2.45, 2.75) is 32.9 Å². The van der Waals surface area contributed by atoms with Crippen molar-refractivity contribution in [3.8, 4) is 5.75 Å². The Morgan fingerprint density at radius 3 is 2.84 bits per heavy atom. The number of ether oxygens (including phenoxy) is 1. The van der Waals surface area contributed by atoms with Crippen molar-refractivity contribution in [3.63, 3.8) is 0 Å². The van der Waals surface area contributed by atoms with Crippen molar-refractivity contribution in [2.24, 2.45) is 13.0 Å². The van der Waals surface area contributed by atoms with Gasteiger partial charge in [-0.15, -0.1) is 11.3 Å². The van der Waals surface area contributed by atoms with Crippen LogP contribution in [0.5, 0.6) is 5.75 Å². The highest BCUT2D eigenvalue weighted by atomic mass is 32.1. The van der Waals surface area contributed by atoms with Gasteiger partial charge in [-0.2, -0.15) is 5.10 Å². The summed E-state index contributed by atoms with van der Waals surface area (Å²) >= 11 is 1.58. The summed E-state index contributed by atoms with van der Waals surface area (Å²) in [6.45, 7) is 5.99. The maximum atomic E-state index is 12.8. The lowest BCUT2D eigenvalue weighted by atomic mass is 9.99. The average molecular weight is 453 g/mol. The first kappa shape index (κ1) is 22.6. The molecule has 1 atom stereocenters. The number of nitrogens with zero attached hydrogens (tertiary/aromatic N) is 4. The van der Waals surface area contributed by atoms with Gasteiger partial charge in [-0.25, -0.2) is 0 Å². The number of hydrogen-bond donors (Lipinski definition) is 0. The van der Waals surface area contributed by atoms with Crippen LogP contribution in [0, 0.1) is 12.8 Å². The van der Waals surface area contributed by atoms with E-state index < -0.39 is 0 Å². The minimum atomic E-state index is 0.159. The van der Waals surface area contributed by atoms with Crippen LogP contribution in [-0.4, -0.2) is 52.2 Å². The lowest BCUT2D eigenvalue weighted by molar-refractivity contribution is 0.0638. The minimum absolute atomic E-state index is 0.159. The van der Waals surface area contributed by atoms with Gasteiger partial charge in [-0.3, -0.25) is 14.4 Å². The van der Waals surface area contributed by atoms with Crippen LogP contribution in [0.4, 0.5) is 0 Å². The number of carbonyl (C=O) groups is 1. The number of likely N-dealkylation sites (tertiary alicyclic amines) is 1. The quantitative estimate of drug-likeness (QED) is 0.510. The van der Waals surface area contributed by atoms with Gasteiger partial charge in [-0.1, -0.05) is 12.1 Å². The normalized spacial score (nSPS) is 16.5. The summed E-state index contributed by atoms with van der Waals surface area (Å²) in [4.78, 5) is 19.1. The average Bonchev–Trinajstić information content (AvgIpc) is 3.40. The van der Waals surface area contributed by atoms with Crippen LogP contribution in [0.2, 0.25) is 0 Å². The molecule has 2 aromatic heterocycles. The predicted molar refractivity (Wildman–Crippen MR) is 128 cm³/mol. The number of amides is 1. The lowest BCUT2D eigenvalue weighted by Gasteiger charge is -2.32. The fourth-order valence-corrected chi connectivity index (χ4v) is 5.11. The molecule has 0 saturated carbocycles. The van der Waals surface area contributed by atoms with Crippen LogP contribution in [0.3, 0.4) is 0 Å². The second-order valence-corrected chi connectivity index (χ2v) is 10.1. The molecule has 7 heteroatoms. The molecule has 0 unspecified atom stereocenters. The molecule has 0 bridgehead atoms. The summed E-state index contributed by atoms with van der Waals surface area (Å²) in [5.74, 6) is 1.42. The monoisotopic (exact) mass is 452 g/mol. The molecule has 32 heavy (non-hydrogen) atoms. The Balaban J connectivity index is 1.28. The molecule has 1 aliphatic rings. The number of rotatable bonds is 8. The zero-order valence-corrected chi connectivity index (χ0v) is 20.0.